The third-order valence-electron chi connectivity index (χ3n) is 4.23. The summed E-state index contributed by atoms with van der Waals surface area (Å²) >= 11 is 0. The fraction of sp³-hybridized carbons (Fsp3) is 0.412. The highest BCUT2D eigenvalue weighted by molar-refractivity contribution is 7.89. The molecule has 1 aromatic heterocycles. The third kappa shape index (κ3) is 4.33. The number of morpholine rings is 1. The van der Waals surface area contributed by atoms with Crippen molar-refractivity contribution in [3.63, 3.8) is 0 Å². The molecule has 0 atom stereocenters. The van der Waals surface area contributed by atoms with E-state index in [1.54, 1.807) is 24.4 Å². The molecular formula is C17H22N4O3S. The molecule has 1 fully saturated rings. The Morgan fingerprint density at radius 3 is 2.64 bits per heavy atom. The average molecular weight is 362 g/mol. The highest BCUT2D eigenvalue weighted by Crippen LogP contribution is 2.15. The first-order valence-corrected chi connectivity index (χ1v) is 9.65. The fourth-order valence-corrected chi connectivity index (χ4v) is 3.62. The van der Waals surface area contributed by atoms with E-state index in [9.17, 15) is 8.42 Å². The lowest BCUT2D eigenvalue weighted by molar-refractivity contribution is 0.122. The van der Waals surface area contributed by atoms with Crippen LogP contribution < -0.4 is 9.62 Å². The van der Waals surface area contributed by atoms with Crippen LogP contribution in [-0.2, 0) is 21.3 Å². The number of anilines is 1. The van der Waals surface area contributed by atoms with Crippen LogP contribution in [0.1, 0.15) is 16.8 Å². The number of nitrogens with zero attached hydrogens (tertiary/aromatic N) is 3. The summed E-state index contributed by atoms with van der Waals surface area (Å²) in [5.41, 5.74) is 2.63. The molecule has 0 amide bonds. The van der Waals surface area contributed by atoms with Gasteiger partial charge in [0, 0.05) is 19.3 Å². The van der Waals surface area contributed by atoms with Crippen molar-refractivity contribution in [1.82, 2.24) is 14.7 Å². The second-order valence-corrected chi connectivity index (χ2v) is 7.78. The lowest BCUT2D eigenvalue weighted by atomic mass is 10.1. The van der Waals surface area contributed by atoms with Crippen LogP contribution in [0.2, 0.25) is 0 Å². The molecular weight excluding hydrogens is 340 g/mol. The van der Waals surface area contributed by atoms with Gasteiger partial charge in [0.15, 0.2) is 0 Å². The van der Waals surface area contributed by atoms with Gasteiger partial charge in [-0.3, -0.25) is 0 Å². The first-order chi connectivity index (χ1) is 12.0. The van der Waals surface area contributed by atoms with Gasteiger partial charge in [-0.1, -0.05) is 6.07 Å². The van der Waals surface area contributed by atoms with Crippen molar-refractivity contribution in [2.75, 3.05) is 31.2 Å². The van der Waals surface area contributed by atoms with Crippen molar-refractivity contribution in [1.29, 1.82) is 0 Å². The number of aromatic nitrogens is 2. The molecule has 0 aliphatic carbocycles. The molecule has 0 unspecified atom stereocenters. The molecule has 1 saturated heterocycles. The summed E-state index contributed by atoms with van der Waals surface area (Å²) < 4.78 is 32.9. The molecule has 0 radical (unpaired) electrons. The standard InChI is InChI=1S/C17H22N4O3S/c1-13-3-4-16(11-14(13)2)25(22,23)19-12-15-5-6-18-17(20-15)21-7-9-24-10-8-21/h3-6,11,19H,7-10,12H2,1-2H3. The Labute approximate surface area is 148 Å². The Hall–Kier alpha value is -2.03. The lowest BCUT2D eigenvalue weighted by Gasteiger charge is -2.26. The second kappa shape index (κ2) is 7.47. The normalized spacial score (nSPS) is 15.4. The van der Waals surface area contributed by atoms with E-state index in [1.165, 1.54) is 0 Å². The van der Waals surface area contributed by atoms with Crippen molar-refractivity contribution in [3.05, 3.63) is 47.3 Å². The number of benzene rings is 1. The maximum atomic E-state index is 12.5. The van der Waals surface area contributed by atoms with E-state index in [2.05, 4.69) is 14.7 Å². The number of rotatable bonds is 5. The van der Waals surface area contributed by atoms with Gasteiger partial charge in [0.2, 0.25) is 16.0 Å². The van der Waals surface area contributed by atoms with E-state index in [1.807, 2.05) is 24.8 Å². The van der Waals surface area contributed by atoms with Crippen LogP contribution in [0.3, 0.4) is 0 Å². The van der Waals surface area contributed by atoms with Gasteiger partial charge in [-0.2, -0.15) is 0 Å². The molecule has 3 rings (SSSR count). The monoisotopic (exact) mass is 362 g/mol. The molecule has 0 saturated carbocycles. The Morgan fingerprint density at radius 2 is 1.92 bits per heavy atom. The van der Waals surface area contributed by atoms with Crippen molar-refractivity contribution < 1.29 is 13.2 Å². The maximum Gasteiger partial charge on any atom is 0.240 e. The number of hydrogen-bond donors (Lipinski definition) is 1. The number of nitrogens with one attached hydrogen (secondary N) is 1. The Kier molecular flexibility index (Phi) is 5.31. The van der Waals surface area contributed by atoms with E-state index in [0.29, 0.717) is 24.9 Å². The zero-order chi connectivity index (χ0) is 17.9. The lowest BCUT2D eigenvalue weighted by Crippen LogP contribution is -2.37. The van der Waals surface area contributed by atoms with Crippen LogP contribution >= 0.6 is 0 Å². The molecule has 2 heterocycles. The van der Waals surface area contributed by atoms with Crippen molar-refractivity contribution in [3.8, 4) is 0 Å². The summed E-state index contributed by atoms with van der Waals surface area (Å²) in [5.74, 6) is 0.603. The molecule has 8 heteroatoms. The topological polar surface area (TPSA) is 84.4 Å². The van der Waals surface area contributed by atoms with E-state index >= 15 is 0 Å². The summed E-state index contributed by atoms with van der Waals surface area (Å²) in [7, 11) is -3.58. The van der Waals surface area contributed by atoms with E-state index in [4.69, 9.17) is 4.74 Å². The second-order valence-electron chi connectivity index (χ2n) is 6.02. The average Bonchev–Trinajstić information content (AvgIpc) is 2.63. The molecule has 1 N–H and O–H groups in total. The number of hydrogen-bond acceptors (Lipinski definition) is 6. The van der Waals surface area contributed by atoms with Gasteiger partial charge in [-0.05, 0) is 43.2 Å². The van der Waals surface area contributed by atoms with Crippen molar-refractivity contribution in [2.24, 2.45) is 0 Å². The third-order valence-corrected chi connectivity index (χ3v) is 5.63. The summed E-state index contributed by atoms with van der Waals surface area (Å²) in [6, 6.07) is 6.82. The number of aryl methyl sites for hydroxylation is 2. The minimum atomic E-state index is -3.58. The molecule has 25 heavy (non-hydrogen) atoms. The van der Waals surface area contributed by atoms with Gasteiger partial charge in [-0.15, -0.1) is 0 Å². The first kappa shape index (κ1) is 17.8. The molecule has 2 aromatic rings. The van der Waals surface area contributed by atoms with Gasteiger partial charge in [0.25, 0.3) is 0 Å². The summed E-state index contributed by atoms with van der Waals surface area (Å²) in [4.78, 5) is 11.0. The van der Waals surface area contributed by atoms with Crippen LogP contribution in [0.4, 0.5) is 5.95 Å². The highest BCUT2D eigenvalue weighted by atomic mass is 32.2. The van der Waals surface area contributed by atoms with Gasteiger partial charge >= 0.3 is 0 Å². The smallest absolute Gasteiger partial charge is 0.240 e. The SMILES string of the molecule is Cc1ccc(S(=O)(=O)NCc2ccnc(N3CCOCC3)n2)cc1C. The van der Waals surface area contributed by atoms with Gasteiger partial charge in [0.1, 0.15) is 0 Å². The van der Waals surface area contributed by atoms with Crippen LogP contribution in [0.15, 0.2) is 35.4 Å². The predicted octanol–water partition coefficient (Wildman–Crippen LogP) is 1.41. The molecule has 134 valence electrons. The first-order valence-electron chi connectivity index (χ1n) is 8.17. The van der Waals surface area contributed by atoms with E-state index in [-0.39, 0.29) is 11.4 Å². The predicted molar refractivity (Wildman–Crippen MR) is 95.0 cm³/mol. The van der Waals surface area contributed by atoms with Crippen LogP contribution in [0.5, 0.6) is 0 Å². The number of sulfonamides is 1. The summed E-state index contributed by atoms with van der Waals surface area (Å²) in [6.45, 7) is 6.73. The van der Waals surface area contributed by atoms with E-state index < -0.39 is 10.0 Å². The van der Waals surface area contributed by atoms with Crippen LogP contribution in [0, 0.1) is 13.8 Å². The van der Waals surface area contributed by atoms with E-state index in [0.717, 1.165) is 24.2 Å². The highest BCUT2D eigenvalue weighted by Gasteiger charge is 2.17. The molecule has 0 bridgehead atoms. The van der Waals surface area contributed by atoms with Crippen molar-refractivity contribution in [2.45, 2.75) is 25.3 Å². The van der Waals surface area contributed by atoms with Gasteiger partial charge in [-0.25, -0.2) is 23.1 Å². The minimum absolute atomic E-state index is 0.120. The Balaban J connectivity index is 1.71. The molecule has 1 aromatic carbocycles. The molecule has 0 spiro atoms. The van der Waals surface area contributed by atoms with Gasteiger partial charge < -0.3 is 9.64 Å². The summed E-state index contributed by atoms with van der Waals surface area (Å²) in [6.07, 6.45) is 1.65. The zero-order valence-corrected chi connectivity index (χ0v) is 15.2. The maximum absolute atomic E-state index is 12.5. The van der Waals surface area contributed by atoms with Crippen molar-refractivity contribution >= 4 is 16.0 Å². The van der Waals surface area contributed by atoms with Crippen LogP contribution in [0.25, 0.3) is 0 Å². The molecule has 1 aliphatic rings. The Bertz CT molecular complexity index is 849. The minimum Gasteiger partial charge on any atom is -0.378 e. The quantitative estimate of drug-likeness (QED) is 0.866. The Morgan fingerprint density at radius 1 is 1.16 bits per heavy atom. The molecule has 7 nitrogen and oxygen atoms in total. The zero-order valence-electron chi connectivity index (χ0n) is 14.4. The van der Waals surface area contributed by atoms with Gasteiger partial charge in [0.05, 0.1) is 30.3 Å². The molecule has 1 aliphatic heterocycles. The number of ether oxygens (including phenoxy) is 1. The fourth-order valence-electron chi connectivity index (χ4n) is 2.53. The van der Waals surface area contributed by atoms with Crippen LogP contribution in [-0.4, -0.2) is 44.7 Å². The summed E-state index contributed by atoms with van der Waals surface area (Å²) in [5, 5.41) is 0. The largest absolute Gasteiger partial charge is 0.378 e.